The Hall–Kier alpha value is -13.1. The van der Waals surface area contributed by atoms with E-state index in [1.807, 2.05) is 0 Å². The quantitative estimate of drug-likeness (QED) is 0.0204. The fourth-order valence-electron chi connectivity index (χ4n) is 7.55. The molecule has 0 bridgehead atoms. The van der Waals surface area contributed by atoms with Crippen LogP contribution >= 0.6 is 0 Å². The second kappa shape index (κ2) is 48.8. The van der Waals surface area contributed by atoms with Gasteiger partial charge in [0.15, 0.2) is 34.7 Å². The third-order valence-electron chi connectivity index (χ3n) is 12.5. The van der Waals surface area contributed by atoms with Crippen LogP contribution in [0.1, 0.15) is 80.1 Å². The van der Waals surface area contributed by atoms with E-state index in [1.165, 1.54) is 21.3 Å². The number of hydrogen-bond donors (Lipinski definition) is 6. The first-order valence-electron chi connectivity index (χ1n) is 31.5. The fourth-order valence-corrected chi connectivity index (χ4v) is 7.55. The van der Waals surface area contributed by atoms with Gasteiger partial charge >= 0.3 is 71.6 Å². The first-order chi connectivity index (χ1) is 50.6. The van der Waals surface area contributed by atoms with Gasteiger partial charge in [-0.15, -0.1) is 0 Å². The summed E-state index contributed by atoms with van der Waals surface area (Å²) in [5.41, 5.74) is -0.647. The van der Waals surface area contributed by atoms with Crippen LogP contribution in [0.3, 0.4) is 0 Å². The van der Waals surface area contributed by atoms with Gasteiger partial charge in [-0.1, -0.05) is 0 Å². The summed E-state index contributed by atoms with van der Waals surface area (Å²) in [5, 5.41) is 14.2. The van der Waals surface area contributed by atoms with E-state index in [4.69, 9.17) is 23.7 Å². The SMILES string of the molecule is CC(C)(C)OC(=O)/C=C/C(=O)OCC1NC(=O)CC1=O.CC(C)OC(=O)/C=C/C(=O)OCC1NC(=O)CC1=O.CCOC(=O)/C=C/C(=O)OCC1NC(=O)CC1=O.COC(=O)/C=C/C(=O)OCC1NC(=O)CC1=O.COC(=O)/C=C/C(=O)OC[C@@H]1NC(=O)CC1=O.COC(=O)/C=C/C(=O)OC[C@H]1NC(=O)CC1=O. The van der Waals surface area contributed by atoms with Gasteiger partial charge in [-0.3, -0.25) is 57.5 Å². The molecule has 42 heteroatoms. The van der Waals surface area contributed by atoms with Crippen LogP contribution in [0.4, 0.5) is 0 Å². The van der Waals surface area contributed by atoms with E-state index in [-0.39, 0.29) is 161 Å². The van der Waals surface area contributed by atoms with Gasteiger partial charge in [0.25, 0.3) is 0 Å². The van der Waals surface area contributed by atoms with Crippen molar-refractivity contribution in [1.82, 2.24) is 31.9 Å². The predicted molar refractivity (Wildman–Crippen MR) is 350 cm³/mol. The van der Waals surface area contributed by atoms with E-state index >= 15 is 0 Å². The Kier molecular flexibility index (Phi) is 42.0. The number of carbonyl (C=O) groups is 24. The molecule has 0 aliphatic carbocycles. The third kappa shape index (κ3) is 41.9. The van der Waals surface area contributed by atoms with Crippen molar-refractivity contribution in [2.75, 3.05) is 67.6 Å². The molecule has 108 heavy (non-hydrogen) atoms. The van der Waals surface area contributed by atoms with Crippen molar-refractivity contribution < 1.29 is 172 Å². The maximum absolute atomic E-state index is 11.3. The number of carbonyl (C=O) groups excluding carboxylic acids is 24. The Morgan fingerprint density at radius 2 is 0.481 bits per heavy atom. The number of rotatable bonds is 26. The van der Waals surface area contributed by atoms with Crippen LogP contribution in [0.25, 0.3) is 0 Å². The topological polar surface area (TPSA) is 593 Å². The number of nitrogens with one attached hydrogen (secondary N) is 6. The molecule has 6 heterocycles. The van der Waals surface area contributed by atoms with Gasteiger partial charge in [0, 0.05) is 72.9 Å². The third-order valence-corrected chi connectivity index (χ3v) is 12.5. The number of methoxy groups -OCH3 is 3. The van der Waals surface area contributed by atoms with Gasteiger partial charge in [-0.05, 0) is 41.5 Å². The van der Waals surface area contributed by atoms with Crippen molar-refractivity contribution in [3.63, 3.8) is 0 Å². The van der Waals surface area contributed by atoms with Crippen LogP contribution in [0.15, 0.2) is 72.9 Å². The molecule has 0 spiro atoms. The molecule has 0 aromatic heterocycles. The second-order valence-corrected chi connectivity index (χ2v) is 22.7. The summed E-state index contributed by atoms with van der Waals surface area (Å²) in [5.74, 6) is -13.0. The molecule has 0 aromatic rings. The molecule has 6 aliphatic heterocycles. The van der Waals surface area contributed by atoms with Crippen LogP contribution in [-0.2, 0) is 172 Å². The summed E-state index contributed by atoms with van der Waals surface area (Å²) >= 11 is 0. The Morgan fingerprint density at radius 3 is 0.639 bits per heavy atom. The molecular formula is C66H78N6O36. The van der Waals surface area contributed by atoms with Crippen LogP contribution in [-0.4, -0.2) is 257 Å². The van der Waals surface area contributed by atoms with Gasteiger partial charge in [0.2, 0.25) is 35.4 Å². The number of Topliss-reactive ketones (excluding diaryl/α,β-unsaturated/α-hetero) is 6. The van der Waals surface area contributed by atoms with Crippen molar-refractivity contribution >= 4 is 142 Å². The van der Waals surface area contributed by atoms with Crippen molar-refractivity contribution in [3.8, 4) is 0 Å². The molecule has 0 radical (unpaired) electrons. The lowest BCUT2D eigenvalue weighted by Crippen LogP contribution is -2.34. The molecule has 0 aromatic carbocycles. The number of ketones is 6. The summed E-state index contributed by atoms with van der Waals surface area (Å²) in [6, 6.07) is -4.78. The lowest BCUT2D eigenvalue weighted by atomic mass is 10.2. The van der Waals surface area contributed by atoms with E-state index in [0.29, 0.717) is 0 Å². The maximum Gasteiger partial charge on any atom is 0.331 e. The van der Waals surface area contributed by atoms with Crippen LogP contribution in [0.5, 0.6) is 0 Å². The van der Waals surface area contributed by atoms with Gasteiger partial charge in [0.1, 0.15) is 81.5 Å². The predicted octanol–water partition coefficient (Wildman–Crippen LogP) is -5.36. The molecule has 6 rings (SSSR count). The molecule has 42 nitrogen and oxygen atoms in total. The molecule has 6 N–H and O–H groups in total. The van der Waals surface area contributed by atoms with Crippen molar-refractivity contribution in [1.29, 1.82) is 0 Å². The zero-order valence-electron chi connectivity index (χ0n) is 59.4. The minimum absolute atomic E-state index is 0.194. The summed E-state index contributed by atoms with van der Waals surface area (Å²) in [6.45, 7) is 8.85. The highest BCUT2D eigenvalue weighted by Gasteiger charge is 2.35. The Labute approximate surface area is 612 Å². The largest absolute Gasteiger partial charge is 0.466 e. The second-order valence-electron chi connectivity index (χ2n) is 22.7. The van der Waals surface area contributed by atoms with Crippen LogP contribution < -0.4 is 31.9 Å². The van der Waals surface area contributed by atoms with Gasteiger partial charge in [-0.2, -0.15) is 0 Å². The molecule has 6 fully saturated rings. The molecular weight excluding hydrogens is 1450 g/mol. The first kappa shape index (κ1) is 92.9. The lowest BCUT2D eigenvalue weighted by molar-refractivity contribution is -0.149. The monoisotopic (exact) mass is 1530 g/mol. The molecule has 6 amide bonds. The minimum Gasteiger partial charge on any atom is -0.466 e. The zero-order valence-corrected chi connectivity index (χ0v) is 59.4. The summed E-state index contributed by atoms with van der Waals surface area (Å²) in [7, 11) is 3.51. The van der Waals surface area contributed by atoms with E-state index in [9.17, 15) is 115 Å². The number of ether oxygens (including phenoxy) is 12. The molecule has 6 atom stereocenters. The molecule has 6 aliphatic rings. The lowest BCUT2D eigenvalue weighted by Gasteiger charge is -2.17. The maximum atomic E-state index is 11.3. The molecule has 588 valence electrons. The fraction of sp³-hybridized carbons (Fsp3) is 0.455. The summed E-state index contributed by atoms with van der Waals surface area (Å²) < 4.78 is 55.3. The number of hydrogen-bond acceptors (Lipinski definition) is 36. The average Bonchev–Trinajstić information content (AvgIpc) is 1.78. The normalized spacial score (nSPS) is 19.1. The Balaban J connectivity index is 0.000000649. The highest BCUT2D eigenvalue weighted by Crippen LogP contribution is 2.10. The summed E-state index contributed by atoms with van der Waals surface area (Å²) in [4.78, 5) is 264. The zero-order chi connectivity index (χ0) is 81.8. The van der Waals surface area contributed by atoms with E-state index < -0.39 is 113 Å². The first-order valence-corrected chi connectivity index (χ1v) is 31.5. The summed E-state index contributed by atoms with van der Waals surface area (Å²) in [6.07, 6.45) is 9.44. The van der Waals surface area contributed by atoms with Gasteiger partial charge in [0.05, 0.1) is 72.6 Å². The van der Waals surface area contributed by atoms with Crippen LogP contribution in [0, 0.1) is 0 Å². The molecule has 0 saturated carbocycles. The van der Waals surface area contributed by atoms with Crippen molar-refractivity contribution in [3.05, 3.63) is 72.9 Å². The van der Waals surface area contributed by atoms with Crippen molar-refractivity contribution in [2.24, 2.45) is 0 Å². The van der Waals surface area contributed by atoms with Crippen molar-refractivity contribution in [2.45, 2.75) is 128 Å². The standard InChI is InChI=1S/C13H17NO6.C12H15NO6.C11H13NO6.3C10H11NO6/c1-13(2,3)20-12(18)5-4-11(17)19-7-8-9(15)6-10(16)14-8;1-7(2)19-12(17)4-3-11(16)18-6-8-9(14)5-10(15)13-8;1-2-17-10(15)3-4-11(16)18-6-7-8(13)5-9(14)12-7;3*1-16-9(14)2-3-10(15)17-5-6-7(12)4-8(13)11-6/h4-5,8H,6-7H2,1-3H3,(H,14,16);3-4,7-8H,5-6H2,1-2H3,(H,13,15);3-4,7H,2,5-6H2,1H3,(H,12,14);3*2-3,6H,4-5H2,1H3,(H,11,13)/b5-4+;2*4-3+;3*3-2+/t;;;2*6-;/m...10./s1. The van der Waals surface area contributed by atoms with E-state index in [0.717, 1.165) is 72.9 Å². The smallest absolute Gasteiger partial charge is 0.331 e. The Morgan fingerprint density at radius 1 is 0.306 bits per heavy atom. The minimum atomic E-state index is -0.804. The van der Waals surface area contributed by atoms with E-state index in [2.05, 4.69) is 65.1 Å². The van der Waals surface area contributed by atoms with Gasteiger partial charge < -0.3 is 88.7 Å². The van der Waals surface area contributed by atoms with Crippen LogP contribution in [0.2, 0.25) is 0 Å². The number of esters is 12. The van der Waals surface area contributed by atoms with E-state index in [1.54, 1.807) is 41.5 Å². The molecule has 6 saturated heterocycles. The van der Waals surface area contributed by atoms with Gasteiger partial charge in [-0.25, -0.2) is 57.5 Å². The Bertz CT molecular complexity index is 3470. The number of amides is 6. The average molecular weight is 1530 g/mol. The highest BCUT2D eigenvalue weighted by molar-refractivity contribution is 6.11. The molecule has 4 unspecified atom stereocenters. The highest BCUT2D eigenvalue weighted by atomic mass is 16.6.